The van der Waals surface area contributed by atoms with Crippen LogP contribution in [0.4, 0.5) is 0 Å². The van der Waals surface area contributed by atoms with E-state index in [1.165, 1.54) is 6.92 Å². The van der Waals surface area contributed by atoms with Gasteiger partial charge in [-0.3, -0.25) is 9.59 Å². The van der Waals surface area contributed by atoms with Crippen LogP contribution in [0.2, 0.25) is 0 Å². The summed E-state index contributed by atoms with van der Waals surface area (Å²) in [6, 6.07) is 1.71. The average molecular weight is 400 g/mol. The minimum Gasteiger partial charge on any atom is -0.462 e. The monoisotopic (exact) mass is 400 g/mol. The Bertz CT molecular complexity index is 924. The standard InChI is InChI=1S/C22H24O7/c1-11(2)13-5-17-14(10-23)7-19(28-17)20-22(4,29-20)9-15-8-16(21(25)27-15)18(6-13)26-12(3)24/h7-8,10,13,15,18,20H,1,5-6,9H2,2-4H3/t13-,15+,18+,20+,22+/m1/s1. The van der Waals surface area contributed by atoms with Gasteiger partial charge >= 0.3 is 11.9 Å². The molecule has 3 aliphatic rings. The van der Waals surface area contributed by atoms with E-state index < -0.39 is 29.7 Å². The first-order valence-electron chi connectivity index (χ1n) is 9.71. The van der Waals surface area contributed by atoms with Crippen molar-refractivity contribution in [2.75, 3.05) is 0 Å². The quantitative estimate of drug-likeness (QED) is 0.333. The molecule has 1 aromatic rings. The molecule has 7 heteroatoms. The summed E-state index contributed by atoms with van der Waals surface area (Å²) in [4.78, 5) is 35.8. The van der Waals surface area contributed by atoms with Crippen LogP contribution in [0, 0.1) is 5.92 Å². The normalized spacial score (nSPS) is 33.2. The van der Waals surface area contributed by atoms with Crippen molar-refractivity contribution in [3.8, 4) is 0 Å². The molecule has 5 atom stereocenters. The predicted molar refractivity (Wildman–Crippen MR) is 101 cm³/mol. The molecule has 0 saturated carbocycles. The third kappa shape index (κ3) is 3.67. The number of carbonyl (C=O) groups is 3. The van der Waals surface area contributed by atoms with E-state index in [9.17, 15) is 14.4 Å². The Hall–Kier alpha value is -2.67. The zero-order valence-electron chi connectivity index (χ0n) is 16.7. The van der Waals surface area contributed by atoms with Gasteiger partial charge in [-0.1, -0.05) is 12.2 Å². The number of fused-ring (bicyclic) bond motifs is 5. The molecule has 4 bridgehead atoms. The molecule has 154 valence electrons. The fraction of sp³-hybridized carbons (Fsp3) is 0.500. The Kier molecular flexibility index (Phi) is 4.73. The number of esters is 2. The predicted octanol–water partition coefficient (Wildman–Crippen LogP) is 3.23. The third-order valence-electron chi connectivity index (χ3n) is 5.88. The SMILES string of the molecule is C=C(C)[C@@H]1Cc2oc(cc2C=O)[C@@H]2O[C@@]2(C)C[C@@H]2C=C(C(=O)O2)[C@@H](OC(C)=O)C1. The van der Waals surface area contributed by atoms with E-state index in [0.29, 0.717) is 41.9 Å². The second kappa shape index (κ2) is 6.99. The molecule has 0 radical (unpaired) electrons. The van der Waals surface area contributed by atoms with Gasteiger partial charge in [0.1, 0.15) is 35.4 Å². The van der Waals surface area contributed by atoms with Crippen LogP contribution in [-0.4, -0.2) is 36.0 Å². The summed E-state index contributed by atoms with van der Waals surface area (Å²) in [5.74, 6) is 0.00368. The molecule has 4 heterocycles. The van der Waals surface area contributed by atoms with Crippen LogP contribution < -0.4 is 0 Å². The number of ether oxygens (including phenoxy) is 3. The fourth-order valence-corrected chi connectivity index (χ4v) is 4.23. The molecule has 0 amide bonds. The minimum atomic E-state index is -0.759. The van der Waals surface area contributed by atoms with Crippen molar-refractivity contribution >= 4 is 18.2 Å². The summed E-state index contributed by atoms with van der Waals surface area (Å²) in [5.41, 5.74) is 1.08. The topological polar surface area (TPSA) is 95.3 Å². The van der Waals surface area contributed by atoms with E-state index in [1.54, 1.807) is 12.1 Å². The third-order valence-corrected chi connectivity index (χ3v) is 5.88. The lowest BCUT2D eigenvalue weighted by Crippen LogP contribution is -2.26. The van der Waals surface area contributed by atoms with Gasteiger partial charge in [0.25, 0.3) is 0 Å². The zero-order chi connectivity index (χ0) is 20.9. The lowest BCUT2D eigenvalue weighted by Gasteiger charge is -2.23. The van der Waals surface area contributed by atoms with Gasteiger partial charge in [-0.2, -0.15) is 0 Å². The van der Waals surface area contributed by atoms with Gasteiger partial charge in [-0.25, -0.2) is 4.79 Å². The molecule has 1 fully saturated rings. The highest BCUT2D eigenvalue weighted by molar-refractivity contribution is 5.92. The second-order valence-corrected chi connectivity index (χ2v) is 8.31. The molecule has 0 aliphatic carbocycles. The number of carbonyl (C=O) groups excluding carboxylic acids is 3. The lowest BCUT2D eigenvalue weighted by atomic mass is 9.87. The first kappa shape index (κ1) is 19.6. The minimum absolute atomic E-state index is 0.169. The van der Waals surface area contributed by atoms with Crippen molar-refractivity contribution in [1.29, 1.82) is 0 Å². The Balaban J connectivity index is 1.76. The van der Waals surface area contributed by atoms with Gasteiger partial charge in [0.05, 0.1) is 11.1 Å². The van der Waals surface area contributed by atoms with Crippen LogP contribution in [0.5, 0.6) is 0 Å². The molecule has 0 aromatic carbocycles. The van der Waals surface area contributed by atoms with Crippen LogP contribution in [0.25, 0.3) is 0 Å². The number of hydrogen-bond donors (Lipinski definition) is 0. The van der Waals surface area contributed by atoms with Gasteiger partial charge in [-0.15, -0.1) is 0 Å². The Morgan fingerprint density at radius 1 is 1.38 bits per heavy atom. The highest BCUT2D eigenvalue weighted by Crippen LogP contribution is 2.54. The molecule has 0 spiro atoms. The van der Waals surface area contributed by atoms with Crippen LogP contribution >= 0.6 is 0 Å². The Morgan fingerprint density at radius 3 is 2.79 bits per heavy atom. The van der Waals surface area contributed by atoms with E-state index in [1.807, 2.05) is 13.8 Å². The van der Waals surface area contributed by atoms with E-state index in [2.05, 4.69) is 6.58 Å². The first-order valence-corrected chi connectivity index (χ1v) is 9.71. The number of rotatable bonds is 3. The summed E-state index contributed by atoms with van der Waals surface area (Å²) >= 11 is 0. The smallest absolute Gasteiger partial charge is 0.338 e. The van der Waals surface area contributed by atoms with Crippen LogP contribution in [0.3, 0.4) is 0 Å². The van der Waals surface area contributed by atoms with Gasteiger partial charge in [-0.05, 0) is 38.3 Å². The van der Waals surface area contributed by atoms with Crippen molar-refractivity contribution < 1.29 is 33.0 Å². The maximum absolute atomic E-state index is 12.5. The zero-order valence-corrected chi connectivity index (χ0v) is 16.7. The number of aldehydes is 1. The van der Waals surface area contributed by atoms with Crippen LogP contribution in [0.15, 0.2) is 34.3 Å². The van der Waals surface area contributed by atoms with Crippen LogP contribution in [-0.2, 0) is 30.2 Å². The molecular formula is C22H24O7. The summed E-state index contributed by atoms with van der Waals surface area (Å²) < 4.78 is 22.9. The second-order valence-electron chi connectivity index (χ2n) is 8.31. The average Bonchev–Trinajstić information content (AvgIpc) is 2.97. The lowest BCUT2D eigenvalue weighted by molar-refractivity contribution is -0.147. The molecule has 29 heavy (non-hydrogen) atoms. The number of epoxide rings is 1. The van der Waals surface area contributed by atoms with Gasteiger partial charge in [0, 0.05) is 19.8 Å². The Morgan fingerprint density at radius 2 is 2.14 bits per heavy atom. The van der Waals surface area contributed by atoms with Gasteiger partial charge < -0.3 is 18.6 Å². The molecule has 0 N–H and O–H groups in total. The van der Waals surface area contributed by atoms with Crippen molar-refractivity contribution in [2.45, 2.75) is 63.9 Å². The van der Waals surface area contributed by atoms with Gasteiger partial charge in [0.15, 0.2) is 6.29 Å². The summed E-state index contributed by atoms with van der Waals surface area (Å²) in [6.45, 7) is 9.13. The van der Waals surface area contributed by atoms with Crippen molar-refractivity contribution in [3.63, 3.8) is 0 Å². The molecule has 3 aliphatic heterocycles. The molecule has 4 rings (SSSR count). The van der Waals surface area contributed by atoms with Crippen molar-refractivity contribution in [1.82, 2.24) is 0 Å². The van der Waals surface area contributed by atoms with Crippen LogP contribution in [0.1, 0.15) is 61.6 Å². The molecule has 7 nitrogen and oxygen atoms in total. The van der Waals surface area contributed by atoms with Crippen molar-refractivity contribution in [3.05, 3.63) is 47.0 Å². The highest BCUT2D eigenvalue weighted by atomic mass is 16.6. The highest BCUT2D eigenvalue weighted by Gasteiger charge is 2.57. The largest absolute Gasteiger partial charge is 0.462 e. The van der Waals surface area contributed by atoms with E-state index in [-0.39, 0.29) is 12.0 Å². The fourth-order valence-electron chi connectivity index (χ4n) is 4.23. The summed E-state index contributed by atoms with van der Waals surface area (Å²) in [5, 5.41) is 0. The summed E-state index contributed by atoms with van der Waals surface area (Å²) in [7, 11) is 0. The number of furan rings is 1. The molecule has 1 aromatic heterocycles. The number of allylic oxidation sites excluding steroid dienone is 1. The van der Waals surface area contributed by atoms with E-state index >= 15 is 0 Å². The number of hydrogen-bond acceptors (Lipinski definition) is 7. The maximum Gasteiger partial charge on any atom is 0.338 e. The first-order chi connectivity index (χ1) is 13.7. The maximum atomic E-state index is 12.5. The van der Waals surface area contributed by atoms with E-state index in [0.717, 1.165) is 11.9 Å². The van der Waals surface area contributed by atoms with E-state index in [4.69, 9.17) is 18.6 Å². The van der Waals surface area contributed by atoms with Gasteiger partial charge in [0.2, 0.25) is 0 Å². The van der Waals surface area contributed by atoms with Crippen molar-refractivity contribution in [2.24, 2.45) is 5.92 Å². The molecular weight excluding hydrogens is 376 g/mol. The molecule has 0 unspecified atom stereocenters. The molecule has 1 saturated heterocycles. The Labute approximate surface area is 168 Å². The summed E-state index contributed by atoms with van der Waals surface area (Å²) in [6.07, 6.45) is 2.14.